The SMILES string of the molecule is CNc1nnc(SCC(=O)c2cc(C)sc2C)s1. The molecule has 4 nitrogen and oxygen atoms in total. The van der Waals surface area contributed by atoms with E-state index in [-0.39, 0.29) is 5.78 Å². The molecule has 96 valence electrons. The first-order chi connectivity index (χ1) is 8.60. The van der Waals surface area contributed by atoms with Crippen LogP contribution in [0.1, 0.15) is 20.1 Å². The van der Waals surface area contributed by atoms with Crippen LogP contribution in [0.5, 0.6) is 0 Å². The number of Topliss-reactive ketones (excluding diaryl/α,β-unsaturated/α-hetero) is 1. The van der Waals surface area contributed by atoms with Crippen LogP contribution in [0.15, 0.2) is 10.4 Å². The maximum absolute atomic E-state index is 12.1. The summed E-state index contributed by atoms with van der Waals surface area (Å²) in [7, 11) is 1.80. The lowest BCUT2D eigenvalue weighted by atomic mass is 10.2. The van der Waals surface area contributed by atoms with Crippen molar-refractivity contribution in [3.05, 3.63) is 21.4 Å². The number of aryl methyl sites for hydroxylation is 2. The van der Waals surface area contributed by atoms with E-state index in [1.807, 2.05) is 19.9 Å². The number of aromatic nitrogens is 2. The van der Waals surface area contributed by atoms with Crippen LogP contribution in [-0.4, -0.2) is 28.8 Å². The van der Waals surface area contributed by atoms with Gasteiger partial charge in [0.25, 0.3) is 0 Å². The van der Waals surface area contributed by atoms with E-state index in [1.165, 1.54) is 28.0 Å². The summed E-state index contributed by atoms with van der Waals surface area (Å²) in [5.74, 6) is 0.568. The number of nitrogens with zero attached hydrogens (tertiary/aromatic N) is 2. The van der Waals surface area contributed by atoms with Crippen LogP contribution in [0.3, 0.4) is 0 Å². The first-order valence-corrected chi connectivity index (χ1v) is 7.96. The molecule has 7 heteroatoms. The summed E-state index contributed by atoms with van der Waals surface area (Å²) in [4.78, 5) is 14.3. The zero-order chi connectivity index (χ0) is 13.1. The quantitative estimate of drug-likeness (QED) is 0.678. The zero-order valence-corrected chi connectivity index (χ0v) is 12.8. The smallest absolute Gasteiger partial charge is 0.206 e. The van der Waals surface area contributed by atoms with Crippen molar-refractivity contribution in [3.63, 3.8) is 0 Å². The van der Waals surface area contributed by atoms with E-state index in [9.17, 15) is 4.79 Å². The fourth-order valence-corrected chi connectivity index (χ4v) is 4.01. The van der Waals surface area contributed by atoms with Crippen molar-refractivity contribution < 1.29 is 4.79 Å². The highest BCUT2D eigenvalue weighted by molar-refractivity contribution is 8.01. The molecule has 0 bridgehead atoms. The summed E-state index contributed by atoms with van der Waals surface area (Å²) in [6.45, 7) is 4.01. The van der Waals surface area contributed by atoms with Crippen molar-refractivity contribution in [1.82, 2.24) is 10.2 Å². The number of hydrogen-bond donors (Lipinski definition) is 1. The highest BCUT2D eigenvalue weighted by Gasteiger charge is 2.13. The molecule has 2 rings (SSSR count). The molecule has 1 N–H and O–H groups in total. The summed E-state index contributed by atoms with van der Waals surface area (Å²) in [5.41, 5.74) is 0.836. The molecule has 0 saturated carbocycles. The van der Waals surface area contributed by atoms with E-state index < -0.39 is 0 Å². The van der Waals surface area contributed by atoms with Crippen molar-refractivity contribution in [2.24, 2.45) is 0 Å². The van der Waals surface area contributed by atoms with Gasteiger partial charge in [-0.25, -0.2) is 0 Å². The molecule has 2 aromatic rings. The Kier molecular flexibility index (Phi) is 4.36. The van der Waals surface area contributed by atoms with Gasteiger partial charge in [-0.3, -0.25) is 4.79 Å². The minimum atomic E-state index is 0.156. The Bertz CT molecular complexity index is 562. The number of thioether (sulfide) groups is 1. The fourth-order valence-electron chi connectivity index (χ4n) is 1.48. The maximum atomic E-state index is 12.1. The molecule has 0 aromatic carbocycles. The van der Waals surface area contributed by atoms with E-state index in [0.29, 0.717) is 5.75 Å². The zero-order valence-electron chi connectivity index (χ0n) is 10.3. The maximum Gasteiger partial charge on any atom is 0.206 e. The third kappa shape index (κ3) is 3.09. The van der Waals surface area contributed by atoms with Crippen LogP contribution in [0.4, 0.5) is 5.13 Å². The lowest BCUT2D eigenvalue weighted by Crippen LogP contribution is -2.02. The van der Waals surface area contributed by atoms with Crippen LogP contribution in [0.25, 0.3) is 0 Å². The van der Waals surface area contributed by atoms with Crippen LogP contribution < -0.4 is 5.32 Å². The standard InChI is InChI=1S/C11H13N3OS3/c1-6-4-8(7(2)17-6)9(15)5-16-11-14-13-10(12-3)18-11/h4H,5H2,1-3H3,(H,12,13). The molecule has 0 atom stereocenters. The van der Waals surface area contributed by atoms with Gasteiger partial charge < -0.3 is 5.32 Å². The van der Waals surface area contributed by atoms with Gasteiger partial charge in [0.05, 0.1) is 5.75 Å². The minimum Gasteiger partial charge on any atom is -0.363 e. The van der Waals surface area contributed by atoms with Gasteiger partial charge in [0, 0.05) is 22.4 Å². The molecule has 0 aliphatic carbocycles. The van der Waals surface area contributed by atoms with Crippen molar-refractivity contribution in [3.8, 4) is 0 Å². The van der Waals surface area contributed by atoms with E-state index in [1.54, 1.807) is 18.4 Å². The Morgan fingerprint density at radius 2 is 2.17 bits per heavy atom. The number of hydrogen-bond acceptors (Lipinski definition) is 7. The van der Waals surface area contributed by atoms with Crippen molar-refractivity contribution in [2.45, 2.75) is 18.2 Å². The van der Waals surface area contributed by atoms with Gasteiger partial charge in [0.1, 0.15) is 0 Å². The lowest BCUT2D eigenvalue weighted by Gasteiger charge is -1.97. The number of carbonyl (C=O) groups excluding carboxylic acids is 1. The van der Waals surface area contributed by atoms with Gasteiger partial charge >= 0.3 is 0 Å². The highest BCUT2D eigenvalue weighted by Crippen LogP contribution is 2.27. The number of anilines is 1. The Hall–Kier alpha value is -0.920. The summed E-state index contributed by atoms with van der Waals surface area (Å²) in [6.07, 6.45) is 0. The van der Waals surface area contributed by atoms with Gasteiger partial charge in [-0.05, 0) is 19.9 Å². The van der Waals surface area contributed by atoms with Crippen LogP contribution >= 0.6 is 34.4 Å². The van der Waals surface area contributed by atoms with Gasteiger partial charge in [-0.2, -0.15) is 0 Å². The van der Waals surface area contributed by atoms with E-state index in [4.69, 9.17) is 0 Å². The second-order valence-corrected chi connectivity index (χ2v) is 7.32. The largest absolute Gasteiger partial charge is 0.363 e. The molecule has 0 saturated heterocycles. The number of carbonyl (C=O) groups is 1. The first-order valence-electron chi connectivity index (χ1n) is 5.34. The number of thiophene rings is 1. The Morgan fingerprint density at radius 3 is 2.72 bits per heavy atom. The van der Waals surface area contributed by atoms with Gasteiger partial charge in [0.2, 0.25) is 5.13 Å². The summed E-state index contributed by atoms with van der Waals surface area (Å²) in [6, 6.07) is 1.96. The van der Waals surface area contributed by atoms with E-state index in [2.05, 4.69) is 15.5 Å². The third-order valence-electron chi connectivity index (χ3n) is 2.29. The Morgan fingerprint density at radius 1 is 1.39 bits per heavy atom. The first kappa shape index (κ1) is 13.5. The van der Waals surface area contributed by atoms with Gasteiger partial charge in [-0.15, -0.1) is 21.5 Å². The van der Waals surface area contributed by atoms with Gasteiger partial charge in [-0.1, -0.05) is 23.1 Å². The third-order valence-corrected chi connectivity index (χ3v) is 5.33. The molecule has 0 unspecified atom stereocenters. The van der Waals surface area contributed by atoms with Crippen LogP contribution in [0.2, 0.25) is 0 Å². The molecule has 0 aliphatic heterocycles. The molecule has 18 heavy (non-hydrogen) atoms. The number of nitrogens with one attached hydrogen (secondary N) is 1. The second kappa shape index (κ2) is 5.81. The summed E-state index contributed by atoms with van der Waals surface area (Å²) in [5, 5.41) is 11.6. The topological polar surface area (TPSA) is 54.9 Å². The average molecular weight is 299 g/mol. The number of rotatable bonds is 5. The normalized spacial score (nSPS) is 10.6. The minimum absolute atomic E-state index is 0.156. The van der Waals surface area contributed by atoms with Crippen molar-refractivity contribution >= 4 is 45.4 Å². The van der Waals surface area contributed by atoms with E-state index in [0.717, 1.165) is 19.9 Å². The molecule has 0 fully saturated rings. The summed E-state index contributed by atoms with van der Waals surface area (Å²) < 4.78 is 0.817. The van der Waals surface area contributed by atoms with Crippen LogP contribution in [-0.2, 0) is 0 Å². The van der Waals surface area contributed by atoms with Crippen LogP contribution in [0, 0.1) is 13.8 Å². The average Bonchev–Trinajstić information content (AvgIpc) is 2.92. The van der Waals surface area contributed by atoms with Crippen molar-refractivity contribution in [1.29, 1.82) is 0 Å². The van der Waals surface area contributed by atoms with Crippen molar-refractivity contribution in [2.75, 3.05) is 18.1 Å². The Labute approximate surface area is 118 Å². The monoisotopic (exact) mass is 299 g/mol. The summed E-state index contributed by atoms with van der Waals surface area (Å²) >= 11 is 4.56. The fraction of sp³-hybridized carbons (Fsp3) is 0.364. The highest BCUT2D eigenvalue weighted by atomic mass is 32.2. The van der Waals surface area contributed by atoms with E-state index >= 15 is 0 Å². The number of ketones is 1. The predicted octanol–water partition coefficient (Wildman–Crippen LogP) is 3.23. The Balaban J connectivity index is 1.98. The molecule has 0 aliphatic rings. The molecule has 0 radical (unpaired) electrons. The van der Waals surface area contributed by atoms with Gasteiger partial charge in [0.15, 0.2) is 10.1 Å². The second-order valence-electron chi connectivity index (χ2n) is 3.66. The molecule has 2 aromatic heterocycles. The molecular weight excluding hydrogens is 286 g/mol. The molecule has 2 heterocycles. The predicted molar refractivity (Wildman–Crippen MR) is 78.3 cm³/mol. The lowest BCUT2D eigenvalue weighted by molar-refractivity contribution is 0.102. The molecular formula is C11H13N3OS3. The molecule has 0 amide bonds. The molecule has 0 spiro atoms.